The molecule has 0 saturated carbocycles. The number of carbonyl (C=O) groups excluding carboxylic acids is 1. The van der Waals surface area contributed by atoms with Gasteiger partial charge in [0.2, 0.25) is 0 Å². The van der Waals surface area contributed by atoms with Gasteiger partial charge in [-0.05, 0) is 38.1 Å². The quantitative estimate of drug-likeness (QED) is 0.484. The number of rotatable bonds is 4. The average Bonchev–Trinajstić information content (AvgIpc) is 2.28. The summed E-state index contributed by atoms with van der Waals surface area (Å²) in [5.74, 6) is -0.797. The van der Waals surface area contributed by atoms with Crippen LogP contribution in [0.1, 0.15) is 13.8 Å². The highest BCUT2D eigenvalue weighted by Gasteiger charge is 2.05. The highest BCUT2D eigenvalue weighted by Crippen LogP contribution is 2.07. The molecule has 0 unspecified atom stereocenters. The van der Waals surface area contributed by atoms with Crippen molar-refractivity contribution in [2.45, 2.75) is 13.8 Å². The van der Waals surface area contributed by atoms with Crippen molar-refractivity contribution in [1.29, 1.82) is 0 Å². The van der Waals surface area contributed by atoms with Crippen molar-refractivity contribution in [2.75, 3.05) is 12.0 Å². The predicted octanol–water partition coefficient (Wildman–Crippen LogP) is 2.18. The first-order valence-corrected chi connectivity index (χ1v) is 4.86. The van der Waals surface area contributed by atoms with Crippen molar-refractivity contribution in [3.05, 3.63) is 30.1 Å². The van der Waals surface area contributed by atoms with E-state index in [2.05, 4.69) is 10.5 Å². The molecule has 0 aromatic heterocycles. The van der Waals surface area contributed by atoms with Gasteiger partial charge < -0.3 is 4.74 Å². The topological polar surface area (TPSA) is 50.7 Å². The Morgan fingerprint density at radius 1 is 1.44 bits per heavy atom. The number of hydrazone groups is 1. The monoisotopic (exact) mass is 224 g/mol. The fourth-order valence-corrected chi connectivity index (χ4v) is 0.954. The van der Waals surface area contributed by atoms with Gasteiger partial charge in [0.05, 0.1) is 12.3 Å². The molecular weight excluding hydrogens is 211 g/mol. The van der Waals surface area contributed by atoms with Gasteiger partial charge in [0.25, 0.3) is 0 Å². The summed E-state index contributed by atoms with van der Waals surface area (Å²) in [5.41, 5.74) is 3.45. The molecule has 0 radical (unpaired) electrons. The first-order valence-electron chi connectivity index (χ1n) is 4.86. The Morgan fingerprint density at radius 3 is 2.62 bits per heavy atom. The van der Waals surface area contributed by atoms with E-state index in [9.17, 15) is 9.18 Å². The smallest absolute Gasteiger partial charge is 0.354 e. The molecule has 0 heterocycles. The lowest BCUT2D eigenvalue weighted by molar-refractivity contribution is -0.135. The van der Waals surface area contributed by atoms with Gasteiger partial charge in [-0.2, -0.15) is 5.10 Å². The highest BCUT2D eigenvalue weighted by molar-refractivity contribution is 6.35. The van der Waals surface area contributed by atoms with E-state index in [1.165, 1.54) is 31.2 Å². The number of carbonyl (C=O) groups is 1. The third-order valence-corrected chi connectivity index (χ3v) is 1.77. The van der Waals surface area contributed by atoms with Gasteiger partial charge in [0.1, 0.15) is 11.5 Å². The summed E-state index contributed by atoms with van der Waals surface area (Å²) in [7, 11) is 0. The number of halogens is 1. The summed E-state index contributed by atoms with van der Waals surface area (Å²) in [6.07, 6.45) is 0. The number of hydrogen-bond donors (Lipinski definition) is 1. The lowest BCUT2D eigenvalue weighted by Gasteiger charge is -2.02. The van der Waals surface area contributed by atoms with Gasteiger partial charge in [-0.25, -0.2) is 9.18 Å². The first-order chi connectivity index (χ1) is 7.63. The van der Waals surface area contributed by atoms with E-state index in [1.807, 2.05) is 0 Å². The van der Waals surface area contributed by atoms with Crippen molar-refractivity contribution in [2.24, 2.45) is 5.10 Å². The second-order valence-corrected chi connectivity index (χ2v) is 3.04. The third kappa shape index (κ3) is 3.68. The number of anilines is 1. The molecule has 0 aliphatic carbocycles. The molecule has 5 heteroatoms. The van der Waals surface area contributed by atoms with Crippen LogP contribution in [-0.4, -0.2) is 18.3 Å². The number of esters is 1. The number of benzene rings is 1. The lowest BCUT2D eigenvalue weighted by atomic mass is 10.3. The highest BCUT2D eigenvalue weighted by atomic mass is 19.1. The Labute approximate surface area is 93.1 Å². The molecule has 0 amide bonds. The molecule has 0 atom stereocenters. The van der Waals surface area contributed by atoms with E-state index in [1.54, 1.807) is 6.92 Å². The summed E-state index contributed by atoms with van der Waals surface area (Å²) in [6.45, 7) is 3.56. The molecule has 1 aromatic carbocycles. The largest absolute Gasteiger partial charge is 0.461 e. The van der Waals surface area contributed by atoms with Gasteiger partial charge >= 0.3 is 5.97 Å². The maximum absolute atomic E-state index is 12.6. The molecule has 0 spiro atoms. The summed E-state index contributed by atoms with van der Waals surface area (Å²) in [5, 5.41) is 3.81. The zero-order chi connectivity index (χ0) is 12.0. The maximum atomic E-state index is 12.6. The molecule has 86 valence electrons. The number of nitrogens with zero attached hydrogens (tertiary/aromatic N) is 1. The minimum Gasteiger partial charge on any atom is -0.461 e. The van der Waals surface area contributed by atoms with Crippen LogP contribution in [0.2, 0.25) is 0 Å². The van der Waals surface area contributed by atoms with Crippen LogP contribution >= 0.6 is 0 Å². The minimum absolute atomic E-state index is 0.214. The van der Waals surface area contributed by atoms with Gasteiger partial charge in [-0.1, -0.05) is 0 Å². The second-order valence-electron chi connectivity index (χ2n) is 3.04. The zero-order valence-electron chi connectivity index (χ0n) is 9.16. The molecule has 4 nitrogen and oxygen atoms in total. The van der Waals surface area contributed by atoms with Crippen LogP contribution in [0.3, 0.4) is 0 Å². The van der Waals surface area contributed by atoms with Crippen LogP contribution in [0, 0.1) is 5.82 Å². The normalized spacial score (nSPS) is 11.1. The summed E-state index contributed by atoms with van der Waals surface area (Å²) < 4.78 is 17.3. The van der Waals surface area contributed by atoms with E-state index in [0.717, 1.165) is 0 Å². The van der Waals surface area contributed by atoms with Crippen LogP contribution in [-0.2, 0) is 9.53 Å². The van der Waals surface area contributed by atoms with Gasteiger partial charge in [0.15, 0.2) is 0 Å². The molecule has 1 N–H and O–H groups in total. The molecule has 0 fully saturated rings. The van der Waals surface area contributed by atoms with Crippen LogP contribution in [0.4, 0.5) is 10.1 Å². The molecule has 0 aliphatic heterocycles. The van der Waals surface area contributed by atoms with E-state index in [4.69, 9.17) is 4.74 Å². The Balaban J connectivity index is 2.58. The summed E-state index contributed by atoms with van der Waals surface area (Å²) in [6, 6.07) is 5.66. The lowest BCUT2D eigenvalue weighted by Crippen LogP contribution is -2.15. The first kappa shape index (κ1) is 12.2. The van der Waals surface area contributed by atoms with E-state index < -0.39 is 5.97 Å². The molecule has 16 heavy (non-hydrogen) atoms. The van der Waals surface area contributed by atoms with E-state index in [0.29, 0.717) is 12.3 Å². The van der Waals surface area contributed by atoms with E-state index >= 15 is 0 Å². The van der Waals surface area contributed by atoms with Gasteiger partial charge in [-0.15, -0.1) is 0 Å². The van der Waals surface area contributed by atoms with Crippen LogP contribution in [0.15, 0.2) is 29.4 Å². The Morgan fingerprint density at radius 2 is 2.06 bits per heavy atom. The maximum Gasteiger partial charge on any atom is 0.354 e. The standard InChI is InChI=1S/C11H13FN2O2/c1-3-16-11(15)8(2)13-14-10-6-4-9(12)5-7-10/h4-7,14H,3H2,1-2H3/b13-8+. The van der Waals surface area contributed by atoms with Crippen molar-refractivity contribution in [3.8, 4) is 0 Å². The Kier molecular flexibility index (Phi) is 4.44. The summed E-state index contributed by atoms with van der Waals surface area (Å²) >= 11 is 0. The molecular formula is C11H13FN2O2. The zero-order valence-corrected chi connectivity index (χ0v) is 9.16. The number of hydrogen-bond acceptors (Lipinski definition) is 4. The fourth-order valence-electron chi connectivity index (χ4n) is 0.954. The second kappa shape index (κ2) is 5.85. The Hall–Kier alpha value is -1.91. The van der Waals surface area contributed by atoms with Crippen molar-refractivity contribution >= 4 is 17.4 Å². The molecule has 1 rings (SSSR count). The summed E-state index contributed by atoms with van der Waals surface area (Å²) in [4.78, 5) is 11.2. The fraction of sp³-hybridized carbons (Fsp3) is 0.273. The van der Waals surface area contributed by atoms with E-state index in [-0.39, 0.29) is 11.5 Å². The van der Waals surface area contributed by atoms with Crippen molar-refractivity contribution in [1.82, 2.24) is 0 Å². The van der Waals surface area contributed by atoms with Crippen LogP contribution in [0.5, 0.6) is 0 Å². The van der Waals surface area contributed by atoms with Crippen molar-refractivity contribution in [3.63, 3.8) is 0 Å². The minimum atomic E-state index is -0.475. The predicted molar refractivity (Wildman–Crippen MR) is 59.8 cm³/mol. The number of ether oxygens (including phenoxy) is 1. The SMILES string of the molecule is CCOC(=O)/C(C)=N/Nc1ccc(F)cc1. The molecule has 0 aliphatic rings. The van der Waals surface area contributed by atoms with Crippen molar-refractivity contribution < 1.29 is 13.9 Å². The van der Waals surface area contributed by atoms with Crippen LogP contribution in [0.25, 0.3) is 0 Å². The molecule has 0 saturated heterocycles. The van der Waals surface area contributed by atoms with Crippen LogP contribution < -0.4 is 5.43 Å². The molecule has 1 aromatic rings. The molecule has 0 bridgehead atoms. The third-order valence-electron chi connectivity index (χ3n) is 1.77. The number of nitrogens with one attached hydrogen (secondary N) is 1. The Bertz CT molecular complexity index is 387. The van der Waals surface area contributed by atoms with Gasteiger partial charge in [0, 0.05) is 0 Å². The average molecular weight is 224 g/mol. The van der Waals surface area contributed by atoms with Gasteiger partial charge in [-0.3, -0.25) is 5.43 Å².